The van der Waals surface area contributed by atoms with E-state index in [0.29, 0.717) is 11.5 Å². The van der Waals surface area contributed by atoms with Crippen molar-refractivity contribution in [3.63, 3.8) is 0 Å². The van der Waals surface area contributed by atoms with E-state index in [9.17, 15) is 14.4 Å². The van der Waals surface area contributed by atoms with E-state index in [4.69, 9.17) is 0 Å². The molecule has 5 heteroatoms. The summed E-state index contributed by atoms with van der Waals surface area (Å²) in [5.41, 5.74) is 0. The number of hydrogen-bond donors (Lipinski definition) is 0. The number of carbonyl (C=O) groups is 3. The Balaban J connectivity index is 2.41. The molecule has 5 nitrogen and oxygen atoms in total. The number of rotatable bonds is 4. The first-order chi connectivity index (χ1) is 6.65. The van der Waals surface area contributed by atoms with Crippen molar-refractivity contribution < 1.29 is 19.2 Å². The number of hydroxylamine groups is 2. The third kappa shape index (κ3) is 2.42. The molecule has 0 aromatic heterocycles. The van der Waals surface area contributed by atoms with Crippen LogP contribution in [0.4, 0.5) is 0 Å². The Morgan fingerprint density at radius 2 is 1.93 bits per heavy atom. The molecule has 0 aromatic rings. The molecule has 0 atom stereocenters. The molecular weight excluding hydrogens is 186 g/mol. The van der Waals surface area contributed by atoms with Gasteiger partial charge in [0, 0.05) is 18.6 Å². The Kier molecular flexibility index (Phi) is 3.39. The predicted molar refractivity (Wildman–Crippen MR) is 46.6 cm³/mol. The quantitative estimate of drug-likeness (QED) is 0.618. The molecule has 0 fully saturated rings. The van der Waals surface area contributed by atoms with Gasteiger partial charge < -0.3 is 4.84 Å². The standard InChI is InChI=1S/C9H11NO4/c1-2-3-4-9(13)14-10-7(11)5-6-8(10)12/h5-6H,2-4H2,1H3. The fraction of sp³-hybridized carbons (Fsp3) is 0.444. The van der Waals surface area contributed by atoms with E-state index < -0.39 is 17.8 Å². The molecule has 0 aromatic carbocycles. The van der Waals surface area contributed by atoms with Gasteiger partial charge in [0.15, 0.2) is 0 Å². The highest BCUT2D eigenvalue weighted by Crippen LogP contribution is 2.06. The molecule has 0 saturated carbocycles. The van der Waals surface area contributed by atoms with Gasteiger partial charge in [-0.1, -0.05) is 18.4 Å². The van der Waals surface area contributed by atoms with Gasteiger partial charge in [0.1, 0.15) is 0 Å². The van der Waals surface area contributed by atoms with Crippen LogP contribution in [0, 0.1) is 0 Å². The summed E-state index contributed by atoms with van der Waals surface area (Å²) in [6, 6.07) is 0. The van der Waals surface area contributed by atoms with Crippen molar-refractivity contribution in [1.29, 1.82) is 0 Å². The van der Waals surface area contributed by atoms with Crippen molar-refractivity contribution in [1.82, 2.24) is 5.06 Å². The zero-order chi connectivity index (χ0) is 10.6. The van der Waals surface area contributed by atoms with E-state index in [1.807, 2.05) is 6.92 Å². The van der Waals surface area contributed by atoms with Gasteiger partial charge in [-0.3, -0.25) is 9.59 Å². The maximum Gasteiger partial charge on any atom is 0.333 e. The third-order valence-corrected chi connectivity index (χ3v) is 1.70. The second-order valence-corrected chi connectivity index (χ2v) is 2.87. The molecular formula is C9H11NO4. The highest BCUT2D eigenvalue weighted by atomic mass is 16.7. The van der Waals surface area contributed by atoms with Crippen LogP contribution in [0.15, 0.2) is 12.2 Å². The van der Waals surface area contributed by atoms with Crippen molar-refractivity contribution in [2.45, 2.75) is 26.2 Å². The lowest BCUT2D eigenvalue weighted by Gasteiger charge is -2.11. The molecule has 1 rings (SSSR count). The number of imide groups is 1. The fourth-order valence-corrected chi connectivity index (χ4v) is 0.945. The largest absolute Gasteiger partial charge is 0.333 e. The summed E-state index contributed by atoms with van der Waals surface area (Å²) in [4.78, 5) is 37.5. The number of amides is 2. The smallest absolute Gasteiger partial charge is 0.330 e. The number of unbranched alkanes of at least 4 members (excludes halogenated alkanes) is 1. The van der Waals surface area contributed by atoms with Crippen molar-refractivity contribution >= 4 is 17.8 Å². The summed E-state index contributed by atoms with van der Waals surface area (Å²) >= 11 is 0. The molecule has 0 aliphatic carbocycles. The summed E-state index contributed by atoms with van der Waals surface area (Å²) in [6.07, 6.45) is 3.89. The molecule has 14 heavy (non-hydrogen) atoms. The number of nitrogens with zero attached hydrogens (tertiary/aromatic N) is 1. The van der Waals surface area contributed by atoms with Crippen LogP contribution in [0.3, 0.4) is 0 Å². The Morgan fingerprint density at radius 3 is 2.43 bits per heavy atom. The molecule has 1 heterocycles. The summed E-state index contributed by atoms with van der Waals surface area (Å²) in [5, 5.41) is 0.470. The van der Waals surface area contributed by atoms with E-state index in [2.05, 4.69) is 4.84 Å². The van der Waals surface area contributed by atoms with Gasteiger partial charge in [-0.15, -0.1) is 0 Å². The summed E-state index contributed by atoms with van der Waals surface area (Å²) in [7, 11) is 0. The molecule has 76 valence electrons. The van der Waals surface area contributed by atoms with Crippen molar-refractivity contribution in [3.05, 3.63) is 12.2 Å². The molecule has 0 radical (unpaired) electrons. The van der Waals surface area contributed by atoms with E-state index >= 15 is 0 Å². The number of hydrogen-bond acceptors (Lipinski definition) is 4. The summed E-state index contributed by atoms with van der Waals surface area (Å²) in [5.74, 6) is -1.78. The van der Waals surface area contributed by atoms with Crippen LogP contribution in [-0.4, -0.2) is 22.8 Å². The van der Waals surface area contributed by atoms with Crippen LogP contribution in [0.5, 0.6) is 0 Å². The first-order valence-electron chi connectivity index (χ1n) is 4.42. The van der Waals surface area contributed by atoms with Crippen molar-refractivity contribution in [3.8, 4) is 0 Å². The Bertz CT molecular complexity index is 277. The molecule has 0 unspecified atom stereocenters. The minimum atomic E-state index is -0.611. The molecule has 0 N–H and O–H groups in total. The van der Waals surface area contributed by atoms with E-state index in [0.717, 1.165) is 18.6 Å². The average Bonchev–Trinajstić information content (AvgIpc) is 2.46. The highest BCUT2D eigenvalue weighted by Gasteiger charge is 2.27. The van der Waals surface area contributed by atoms with Gasteiger partial charge in [0.05, 0.1) is 0 Å². The van der Waals surface area contributed by atoms with E-state index in [1.54, 1.807) is 0 Å². The maximum atomic E-state index is 11.1. The number of carbonyl (C=O) groups excluding carboxylic acids is 3. The third-order valence-electron chi connectivity index (χ3n) is 1.70. The monoisotopic (exact) mass is 197 g/mol. The Labute approximate surface area is 81.3 Å². The van der Waals surface area contributed by atoms with Gasteiger partial charge in [0.25, 0.3) is 11.8 Å². The zero-order valence-electron chi connectivity index (χ0n) is 7.86. The Morgan fingerprint density at radius 1 is 1.36 bits per heavy atom. The lowest BCUT2D eigenvalue weighted by molar-refractivity contribution is -0.196. The molecule has 1 aliphatic rings. The second kappa shape index (κ2) is 4.55. The van der Waals surface area contributed by atoms with E-state index in [-0.39, 0.29) is 6.42 Å². The van der Waals surface area contributed by atoms with Crippen molar-refractivity contribution in [2.24, 2.45) is 0 Å². The topological polar surface area (TPSA) is 63.7 Å². The van der Waals surface area contributed by atoms with Crippen LogP contribution in [0.1, 0.15) is 26.2 Å². The molecule has 1 aliphatic heterocycles. The maximum absolute atomic E-state index is 11.1. The van der Waals surface area contributed by atoms with Crippen LogP contribution < -0.4 is 0 Å². The minimum absolute atomic E-state index is 0.216. The van der Waals surface area contributed by atoms with E-state index in [1.165, 1.54) is 0 Å². The molecule has 0 saturated heterocycles. The normalized spacial score (nSPS) is 15.1. The lowest BCUT2D eigenvalue weighted by Crippen LogP contribution is -2.32. The van der Waals surface area contributed by atoms with Gasteiger partial charge in [0.2, 0.25) is 0 Å². The first kappa shape index (κ1) is 10.4. The summed E-state index contributed by atoms with van der Waals surface area (Å²) < 4.78 is 0. The lowest BCUT2D eigenvalue weighted by atomic mass is 10.3. The fourth-order valence-electron chi connectivity index (χ4n) is 0.945. The summed E-state index contributed by atoms with van der Waals surface area (Å²) in [6.45, 7) is 1.93. The van der Waals surface area contributed by atoms with Gasteiger partial charge in [-0.05, 0) is 6.42 Å². The highest BCUT2D eigenvalue weighted by molar-refractivity contribution is 6.12. The predicted octanol–water partition coefficient (Wildman–Crippen LogP) is 0.560. The van der Waals surface area contributed by atoms with Gasteiger partial charge in [-0.25, -0.2) is 4.79 Å². The SMILES string of the molecule is CCCCC(=O)ON1C(=O)C=CC1=O. The molecule has 0 bridgehead atoms. The average molecular weight is 197 g/mol. The second-order valence-electron chi connectivity index (χ2n) is 2.87. The van der Waals surface area contributed by atoms with Crippen LogP contribution in [-0.2, 0) is 19.2 Å². The van der Waals surface area contributed by atoms with Crippen LogP contribution in [0.2, 0.25) is 0 Å². The van der Waals surface area contributed by atoms with Gasteiger partial charge in [-0.2, -0.15) is 0 Å². The molecule has 2 amide bonds. The van der Waals surface area contributed by atoms with Crippen LogP contribution >= 0.6 is 0 Å². The van der Waals surface area contributed by atoms with Gasteiger partial charge >= 0.3 is 5.97 Å². The molecule has 0 spiro atoms. The van der Waals surface area contributed by atoms with Crippen LogP contribution in [0.25, 0.3) is 0 Å². The minimum Gasteiger partial charge on any atom is -0.330 e. The Hall–Kier alpha value is -1.65. The van der Waals surface area contributed by atoms with Crippen molar-refractivity contribution in [2.75, 3.05) is 0 Å². The first-order valence-corrected chi connectivity index (χ1v) is 4.42. The zero-order valence-corrected chi connectivity index (χ0v) is 7.86.